The number of carboxylic acids is 5. The average molecular weight is 461 g/mol. The molecule has 30 heavy (non-hydrogen) atoms. The highest BCUT2D eigenvalue weighted by atomic mass is 32.1. The van der Waals surface area contributed by atoms with Crippen LogP contribution < -0.4 is 16.5 Å². The molecule has 0 aliphatic carbocycles. The van der Waals surface area contributed by atoms with Crippen LogP contribution in [0.2, 0.25) is 0 Å². The van der Waals surface area contributed by atoms with Crippen LogP contribution in [-0.4, -0.2) is 86.7 Å². The first-order valence-electron chi connectivity index (χ1n) is 7.76. The zero-order valence-corrected chi connectivity index (χ0v) is 18.4. The van der Waals surface area contributed by atoms with Crippen LogP contribution in [0.25, 0.3) is 0 Å². The third-order valence-electron chi connectivity index (χ3n) is 0.859. The summed E-state index contributed by atoms with van der Waals surface area (Å²) in [6.07, 6.45) is 0. The van der Waals surface area contributed by atoms with E-state index in [0.29, 0.717) is 6.54 Å². The van der Waals surface area contributed by atoms with Gasteiger partial charge in [0.25, 0.3) is 29.8 Å². The topological polar surface area (TPSA) is 249 Å². The number of isothiocyanates is 1. The standard InChI is InChI=1S/C5H12N4S.5C2H4O2/c6-1-2-7-3-4-8-9-5-10;5*1-2(3)4/h7-8H,1-4,6H2;5*1H3,(H,3,4). The van der Waals surface area contributed by atoms with Crippen molar-refractivity contribution < 1.29 is 49.5 Å². The molecule has 0 aromatic rings. The van der Waals surface area contributed by atoms with Gasteiger partial charge in [-0.3, -0.25) is 29.4 Å². The summed E-state index contributed by atoms with van der Waals surface area (Å²) in [5.41, 5.74) is 7.93. The molecule has 0 aliphatic heterocycles. The molecule has 0 spiro atoms. The van der Waals surface area contributed by atoms with Crippen molar-refractivity contribution in [3.05, 3.63) is 0 Å². The highest BCUT2D eigenvalue weighted by molar-refractivity contribution is 7.78. The van der Waals surface area contributed by atoms with Crippen molar-refractivity contribution >= 4 is 47.2 Å². The second kappa shape index (κ2) is 40.5. The van der Waals surface area contributed by atoms with E-state index in [2.05, 4.69) is 33.2 Å². The molecule has 0 aromatic carbocycles. The second-order valence-electron chi connectivity index (χ2n) is 4.24. The maximum Gasteiger partial charge on any atom is 0.300 e. The number of rotatable bonds is 6. The highest BCUT2D eigenvalue weighted by Crippen LogP contribution is 1.57. The summed E-state index contributed by atoms with van der Waals surface area (Å²) in [5, 5.41) is 45.9. The number of aliphatic carboxylic acids is 5. The minimum absolute atomic E-state index is 0.663. The molecule has 0 fully saturated rings. The van der Waals surface area contributed by atoms with E-state index in [-0.39, 0.29) is 0 Å². The first-order valence-corrected chi connectivity index (χ1v) is 8.17. The van der Waals surface area contributed by atoms with Crippen molar-refractivity contribution in [2.75, 3.05) is 26.2 Å². The monoisotopic (exact) mass is 460 g/mol. The van der Waals surface area contributed by atoms with E-state index in [1.54, 1.807) is 0 Å². The zero-order chi connectivity index (χ0) is 25.5. The van der Waals surface area contributed by atoms with E-state index in [1.165, 1.54) is 0 Å². The van der Waals surface area contributed by atoms with Gasteiger partial charge < -0.3 is 36.6 Å². The zero-order valence-electron chi connectivity index (χ0n) is 17.5. The van der Waals surface area contributed by atoms with Crippen LogP contribution in [0.3, 0.4) is 0 Å². The fourth-order valence-corrected chi connectivity index (χ4v) is 0.524. The molecule has 0 aliphatic rings. The summed E-state index contributed by atoms with van der Waals surface area (Å²) in [4.78, 5) is 45.0. The summed E-state index contributed by atoms with van der Waals surface area (Å²) in [5.74, 6) is -4.17. The first-order chi connectivity index (χ1) is 13.6. The Morgan fingerprint density at radius 3 is 1.20 bits per heavy atom. The number of carboxylic acid groups (broad SMARTS) is 5. The quantitative estimate of drug-likeness (QED) is 0.109. The van der Waals surface area contributed by atoms with Crippen molar-refractivity contribution in [3.63, 3.8) is 0 Å². The normalized spacial score (nSPS) is 7.00. The molecule has 0 amide bonds. The minimum Gasteiger partial charge on any atom is -0.481 e. The van der Waals surface area contributed by atoms with E-state index < -0.39 is 29.8 Å². The third kappa shape index (κ3) is 946. The molecule has 0 unspecified atom stereocenters. The van der Waals surface area contributed by atoms with Gasteiger partial charge in [-0.2, -0.15) is 0 Å². The lowest BCUT2D eigenvalue weighted by molar-refractivity contribution is -0.135. The summed E-state index contributed by atoms with van der Waals surface area (Å²) in [6.45, 7) is 8.51. The second-order valence-corrected chi connectivity index (χ2v) is 4.43. The van der Waals surface area contributed by atoms with Crippen LogP contribution in [0.5, 0.6) is 0 Å². The Bertz CT molecular complexity index is 408. The molecular weight excluding hydrogens is 428 g/mol. The van der Waals surface area contributed by atoms with Crippen LogP contribution in [0.4, 0.5) is 0 Å². The van der Waals surface area contributed by atoms with Gasteiger partial charge in [-0.15, -0.1) is 5.10 Å². The van der Waals surface area contributed by atoms with E-state index in [0.717, 1.165) is 54.3 Å². The van der Waals surface area contributed by atoms with Crippen molar-refractivity contribution in [3.8, 4) is 0 Å². The molecule has 0 radical (unpaired) electrons. The molecule has 0 aromatic heterocycles. The SMILES string of the molecule is CC(=O)O.CC(=O)O.CC(=O)O.CC(=O)O.CC(=O)O.NCCNCCNN=C=S. The summed E-state index contributed by atoms with van der Waals surface area (Å²) < 4.78 is 0. The van der Waals surface area contributed by atoms with Gasteiger partial charge in [0.05, 0.1) is 5.16 Å². The summed E-state index contributed by atoms with van der Waals surface area (Å²) in [7, 11) is 0. The number of nitrogens with zero attached hydrogens (tertiary/aromatic N) is 1. The van der Waals surface area contributed by atoms with Crippen molar-refractivity contribution in [1.29, 1.82) is 0 Å². The van der Waals surface area contributed by atoms with E-state index in [1.807, 2.05) is 0 Å². The molecular formula is C15H32N4O10S. The van der Waals surface area contributed by atoms with Crippen molar-refractivity contribution in [2.24, 2.45) is 10.8 Å². The number of nitrogens with one attached hydrogen (secondary N) is 2. The van der Waals surface area contributed by atoms with E-state index in [4.69, 9.17) is 55.2 Å². The Hall–Kier alpha value is -3.13. The fourth-order valence-electron chi connectivity index (χ4n) is 0.460. The molecule has 0 heterocycles. The Morgan fingerprint density at radius 1 is 0.733 bits per heavy atom. The first kappa shape index (κ1) is 41.3. The number of carbonyl (C=O) groups is 5. The van der Waals surface area contributed by atoms with Gasteiger partial charge in [0.15, 0.2) is 0 Å². The van der Waals surface area contributed by atoms with Gasteiger partial charge in [0, 0.05) is 60.8 Å². The molecule has 14 nitrogen and oxygen atoms in total. The van der Waals surface area contributed by atoms with E-state index >= 15 is 0 Å². The molecule has 0 atom stereocenters. The Balaban J connectivity index is -0.0000000616. The largest absolute Gasteiger partial charge is 0.481 e. The number of nitrogens with two attached hydrogens (primary N) is 1. The fraction of sp³-hybridized carbons (Fsp3) is 0.600. The van der Waals surface area contributed by atoms with Gasteiger partial charge in [-0.05, 0) is 12.2 Å². The van der Waals surface area contributed by atoms with Crippen molar-refractivity contribution in [2.45, 2.75) is 34.6 Å². The van der Waals surface area contributed by atoms with Crippen LogP contribution in [0.15, 0.2) is 5.10 Å². The predicted octanol–water partition coefficient (Wildman–Crippen LogP) is -0.403. The number of thiocarbonyl (C=S) groups is 1. The lowest BCUT2D eigenvalue weighted by atomic mass is 10.6. The smallest absolute Gasteiger partial charge is 0.300 e. The molecule has 0 saturated carbocycles. The predicted molar refractivity (Wildman–Crippen MR) is 112 cm³/mol. The Kier molecular flexibility index (Phi) is 55.8. The van der Waals surface area contributed by atoms with Crippen LogP contribution in [0, 0.1) is 0 Å². The maximum absolute atomic E-state index is 9.00. The van der Waals surface area contributed by atoms with Crippen LogP contribution in [-0.2, 0) is 24.0 Å². The number of hydrazone groups is 1. The maximum atomic E-state index is 9.00. The molecule has 0 saturated heterocycles. The number of hydrogen-bond donors (Lipinski definition) is 8. The van der Waals surface area contributed by atoms with Gasteiger partial charge >= 0.3 is 0 Å². The molecule has 15 heteroatoms. The highest BCUT2D eigenvalue weighted by Gasteiger charge is 1.81. The minimum atomic E-state index is -0.833. The lowest BCUT2D eigenvalue weighted by Crippen LogP contribution is -2.28. The Labute approximate surface area is 179 Å². The summed E-state index contributed by atoms with van der Waals surface area (Å²) >= 11 is 4.33. The van der Waals surface area contributed by atoms with Crippen LogP contribution in [0.1, 0.15) is 34.6 Å². The summed E-state index contributed by atoms with van der Waals surface area (Å²) in [6, 6.07) is 0. The Morgan fingerprint density at radius 2 is 1.00 bits per heavy atom. The average Bonchev–Trinajstić information content (AvgIpc) is 2.48. The van der Waals surface area contributed by atoms with Gasteiger partial charge in [0.1, 0.15) is 0 Å². The molecule has 0 bridgehead atoms. The third-order valence-corrected chi connectivity index (χ3v) is 0.951. The van der Waals surface area contributed by atoms with E-state index in [9.17, 15) is 0 Å². The van der Waals surface area contributed by atoms with Gasteiger partial charge in [-0.25, -0.2) is 0 Å². The van der Waals surface area contributed by atoms with Gasteiger partial charge in [0.2, 0.25) is 0 Å². The van der Waals surface area contributed by atoms with Crippen LogP contribution >= 0.6 is 12.2 Å². The molecule has 9 N–H and O–H groups in total. The van der Waals surface area contributed by atoms with Crippen molar-refractivity contribution in [1.82, 2.24) is 10.7 Å². The van der Waals surface area contributed by atoms with Gasteiger partial charge in [-0.1, -0.05) is 0 Å². The molecule has 178 valence electrons. The molecule has 0 rings (SSSR count). The lowest BCUT2D eigenvalue weighted by Gasteiger charge is -1.99. The number of hydrogen-bond acceptors (Lipinski definition) is 10.